The number of likely N-dealkylation sites (tertiary alicyclic amines) is 1. The molecule has 0 aliphatic carbocycles. The molecule has 4 rings (SSSR count). The first kappa shape index (κ1) is 30.0. The largest absolute Gasteiger partial charge is 0.388 e. The summed E-state index contributed by atoms with van der Waals surface area (Å²) >= 11 is 0. The Hall–Kier alpha value is -4.56. The van der Waals surface area contributed by atoms with Gasteiger partial charge in [0.1, 0.15) is 11.7 Å². The molecule has 1 fully saturated rings. The number of aromatic amines is 1. The number of allylic oxidation sites excluding steroid dienone is 5. The van der Waals surface area contributed by atoms with Crippen LogP contribution in [0.5, 0.6) is 0 Å². The third kappa shape index (κ3) is 6.71. The Morgan fingerprint density at radius 2 is 1.95 bits per heavy atom. The lowest BCUT2D eigenvalue weighted by atomic mass is 10.0. The number of aromatic nitrogens is 4. The van der Waals surface area contributed by atoms with Crippen molar-refractivity contribution in [2.75, 3.05) is 20.1 Å². The van der Waals surface area contributed by atoms with Gasteiger partial charge in [-0.1, -0.05) is 51.8 Å². The lowest BCUT2D eigenvalue weighted by molar-refractivity contribution is 0.255. The van der Waals surface area contributed by atoms with Gasteiger partial charge in [-0.25, -0.2) is 15.0 Å². The van der Waals surface area contributed by atoms with E-state index in [-0.39, 0.29) is 6.04 Å². The van der Waals surface area contributed by atoms with Gasteiger partial charge in [0.25, 0.3) is 0 Å². The van der Waals surface area contributed by atoms with Gasteiger partial charge in [-0.15, -0.1) is 0 Å². The topological polar surface area (TPSA) is 108 Å². The number of rotatable bonds is 9. The highest BCUT2D eigenvalue weighted by molar-refractivity contribution is 5.94. The number of nitrogens with two attached hydrogens (primary N) is 1. The van der Waals surface area contributed by atoms with E-state index in [4.69, 9.17) is 10.7 Å². The lowest BCUT2D eigenvalue weighted by Crippen LogP contribution is -2.57. The molecule has 0 unspecified atom stereocenters. The maximum Gasteiger partial charge on any atom is 0.178 e. The van der Waals surface area contributed by atoms with E-state index < -0.39 is 0 Å². The first-order chi connectivity index (χ1) is 19.4. The number of amidine groups is 1. The molecule has 8 nitrogen and oxygen atoms in total. The van der Waals surface area contributed by atoms with E-state index in [0.29, 0.717) is 22.6 Å². The molecular formula is C32H40N8. The summed E-state index contributed by atoms with van der Waals surface area (Å²) in [6, 6.07) is 6.05. The van der Waals surface area contributed by atoms with Crippen molar-refractivity contribution < 1.29 is 0 Å². The van der Waals surface area contributed by atoms with E-state index in [9.17, 15) is 0 Å². The number of H-pyrrole nitrogens is 1. The summed E-state index contributed by atoms with van der Waals surface area (Å²) in [4.78, 5) is 23.7. The normalized spacial score (nSPS) is 14.8. The number of nitrogens with one attached hydrogen (secondary N) is 2. The Bertz CT molecular complexity index is 1480. The Morgan fingerprint density at radius 3 is 2.55 bits per heavy atom. The fourth-order valence-electron chi connectivity index (χ4n) is 4.20. The summed E-state index contributed by atoms with van der Waals surface area (Å²) in [5, 5.41) is 3.23. The van der Waals surface area contributed by atoms with Crippen molar-refractivity contribution in [2.45, 2.75) is 33.7 Å². The lowest BCUT2D eigenvalue weighted by Gasteiger charge is -2.38. The monoisotopic (exact) mass is 536 g/mol. The molecule has 1 aliphatic rings. The average molecular weight is 537 g/mol. The number of likely N-dealkylation sites (N-methyl/N-ethyl adjacent to an activating group) is 1. The molecule has 3 aromatic heterocycles. The summed E-state index contributed by atoms with van der Waals surface area (Å²) in [6.07, 6.45) is 13.0. The number of hydrogen-bond acceptors (Lipinski definition) is 6. The maximum absolute atomic E-state index is 5.93. The summed E-state index contributed by atoms with van der Waals surface area (Å²) in [5.74, 6) is 1.44. The summed E-state index contributed by atoms with van der Waals surface area (Å²) in [6.45, 7) is 22.0. The van der Waals surface area contributed by atoms with Gasteiger partial charge in [-0.05, 0) is 43.7 Å². The molecule has 0 amide bonds. The van der Waals surface area contributed by atoms with E-state index in [1.165, 1.54) is 0 Å². The number of aliphatic imine (C=N–C) groups is 1. The predicted octanol–water partition coefficient (Wildman–Crippen LogP) is 5.80. The van der Waals surface area contributed by atoms with Crippen LogP contribution in [0, 0.1) is 0 Å². The molecular weight excluding hydrogens is 496 g/mol. The van der Waals surface area contributed by atoms with Crippen LogP contribution in [0.3, 0.4) is 0 Å². The SMILES string of the molecule is C=CC(=NC(=C\C)/C(C)=C/C=C(/NC)C(=C)C(=C)c1nc2nccc(-c3cccnc3)c2[nH]1)N1CC(N)C1.CC. The van der Waals surface area contributed by atoms with Crippen LogP contribution < -0.4 is 11.1 Å². The highest BCUT2D eigenvalue weighted by Gasteiger charge is 2.24. The molecule has 4 N–H and O–H groups in total. The Kier molecular flexibility index (Phi) is 10.5. The maximum atomic E-state index is 5.93. The van der Waals surface area contributed by atoms with E-state index in [1.807, 2.05) is 77.4 Å². The van der Waals surface area contributed by atoms with Crippen LogP contribution in [-0.4, -0.2) is 56.9 Å². The smallest absolute Gasteiger partial charge is 0.178 e. The molecule has 4 heterocycles. The number of nitrogens with zero attached hydrogens (tertiary/aromatic N) is 5. The Morgan fingerprint density at radius 1 is 1.20 bits per heavy atom. The van der Waals surface area contributed by atoms with Gasteiger partial charge in [0.15, 0.2) is 5.65 Å². The fourth-order valence-corrected chi connectivity index (χ4v) is 4.20. The van der Waals surface area contributed by atoms with E-state index in [0.717, 1.165) is 52.5 Å². The zero-order valence-corrected chi connectivity index (χ0v) is 24.2. The molecule has 0 spiro atoms. The zero-order valence-electron chi connectivity index (χ0n) is 24.2. The molecule has 1 saturated heterocycles. The molecule has 8 heteroatoms. The third-order valence-corrected chi connectivity index (χ3v) is 6.44. The number of imidazole rings is 1. The molecule has 0 atom stereocenters. The second-order valence-electron chi connectivity index (χ2n) is 9.03. The van der Waals surface area contributed by atoms with Crippen molar-refractivity contribution in [3.63, 3.8) is 0 Å². The van der Waals surface area contributed by atoms with E-state index >= 15 is 0 Å². The second kappa shape index (κ2) is 14.0. The molecule has 0 radical (unpaired) electrons. The van der Waals surface area contributed by atoms with Crippen LogP contribution in [0.1, 0.15) is 33.5 Å². The summed E-state index contributed by atoms with van der Waals surface area (Å²) in [7, 11) is 1.85. The van der Waals surface area contributed by atoms with Gasteiger partial charge in [-0.2, -0.15) is 0 Å². The Labute approximate surface area is 237 Å². The molecule has 0 aromatic carbocycles. The zero-order chi connectivity index (χ0) is 29.2. The molecule has 0 bridgehead atoms. The second-order valence-corrected chi connectivity index (χ2v) is 9.03. The standard InChI is InChI=1S/C30H34N8.C2H6/c1-7-25(35-27(8-2)38-17-23(31)18-38)19(3)11-12-26(32-6)20(4)21(5)29-36-28-24(13-15-34-30(28)37-29)22-10-9-14-33-16-22;1-2/h7-16,23,32H,2,4-5,17-18,31H2,1,3,6H3,(H,34,36,37);1-2H3/b19-11+,25-7-,26-12+,35-27?;. The quantitative estimate of drug-likeness (QED) is 0.181. The minimum atomic E-state index is 0.190. The average Bonchev–Trinajstić information content (AvgIpc) is 3.42. The number of pyridine rings is 2. The third-order valence-electron chi connectivity index (χ3n) is 6.44. The number of fused-ring (bicyclic) bond motifs is 1. The van der Waals surface area contributed by atoms with E-state index in [1.54, 1.807) is 18.5 Å². The number of hydrogen-bond donors (Lipinski definition) is 3. The van der Waals surface area contributed by atoms with Gasteiger partial charge in [0.05, 0.1) is 11.2 Å². The van der Waals surface area contributed by atoms with Crippen molar-refractivity contribution in [1.29, 1.82) is 0 Å². The van der Waals surface area contributed by atoms with Gasteiger partial charge < -0.3 is 20.9 Å². The molecule has 208 valence electrons. The van der Waals surface area contributed by atoms with Crippen LogP contribution in [0.2, 0.25) is 0 Å². The summed E-state index contributed by atoms with van der Waals surface area (Å²) < 4.78 is 0. The van der Waals surface area contributed by atoms with Crippen LogP contribution in [0.25, 0.3) is 27.9 Å². The van der Waals surface area contributed by atoms with Crippen LogP contribution >= 0.6 is 0 Å². The Balaban J connectivity index is 0.00000216. The van der Waals surface area contributed by atoms with Crippen molar-refractivity contribution >= 4 is 22.6 Å². The minimum absolute atomic E-state index is 0.190. The van der Waals surface area contributed by atoms with Gasteiger partial charge in [0, 0.05) is 72.7 Å². The van der Waals surface area contributed by atoms with Crippen LogP contribution in [-0.2, 0) is 0 Å². The first-order valence-electron chi connectivity index (χ1n) is 13.4. The predicted molar refractivity (Wildman–Crippen MR) is 168 cm³/mol. The van der Waals surface area contributed by atoms with Gasteiger partial charge >= 0.3 is 0 Å². The molecule has 40 heavy (non-hydrogen) atoms. The van der Waals surface area contributed by atoms with Crippen LogP contribution in [0.15, 0.2) is 108 Å². The molecule has 3 aromatic rings. The van der Waals surface area contributed by atoms with E-state index in [2.05, 4.69) is 49.9 Å². The summed E-state index contributed by atoms with van der Waals surface area (Å²) in [5.41, 5.74) is 13.4. The molecule has 1 aliphatic heterocycles. The van der Waals surface area contributed by atoms with Crippen molar-refractivity contribution in [1.82, 2.24) is 30.2 Å². The highest BCUT2D eigenvalue weighted by Crippen LogP contribution is 2.29. The first-order valence-corrected chi connectivity index (χ1v) is 13.4. The molecule has 0 saturated carbocycles. The van der Waals surface area contributed by atoms with Crippen molar-refractivity contribution in [2.24, 2.45) is 10.7 Å². The highest BCUT2D eigenvalue weighted by atomic mass is 15.3. The van der Waals surface area contributed by atoms with Crippen molar-refractivity contribution in [3.8, 4) is 11.1 Å². The minimum Gasteiger partial charge on any atom is -0.388 e. The van der Waals surface area contributed by atoms with Gasteiger partial charge in [-0.3, -0.25) is 4.98 Å². The van der Waals surface area contributed by atoms with Crippen LogP contribution in [0.4, 0.5) is 0 Å². The van der Waals surface area contributed by atoms with Crippen molar-refractivity contribution in [3.05, 3.63) is 109 Å². The fraction of sp³-hybridized carbons (Fsp3) is 0.250. The van der Waals surface area contributed by atoms with Gasteiger partial charge in [0.2, 0.25) is 0 Å².